The minimum Gasteiger partial charge on any atom is -0.379 e. The average Bonchev–Trinajstić information content (AvgIpc) is 2.56. The summed E-state index contributed by atoms with van der Waals surface area (Å²) in [5.41, 5.74) is 0. The molecule has 0 N–H and O–H groups in total. The summed E-state index contributed by atoms with van der Waals surface area (Å²) >= 11 is 0. The minimum absolute atomic E-state index is 0.257. The number of rotatable bonds is 3. The van der Waals surface area contributed by atoms with E-state index in [1.54, 1.807) is 12.1 Å². The largest absolute Gasteiger partial charge is 0.379 e. The highest BCUT2D eigenvalue weighted by atomic mass is 32.2. The highest BCUT2D eigenvalue weighted by molar-refractivity contribution is 7.89. The number of piperazine rings is 1. The summed E-state index contributed by atoms with van der Waals surface area (Å²) in [5, 5.41) is 0. The quantitative estimate of drug-likeness (QED) is 0.770. The standard InChI is InChI=1S/C14H22N4O3S/c1-16-4-6-17(7-5-16)14-3-2-13(12-15-14)22(19,20)18-8-10-21-11-9-18/h2-3,12H,4-11H2,1H3. The lowest BCUT2D eigenvalue weighted by Crippen LogP contribution is -2.44. The predicted octanol–water partition coefficient (Wildman–Crippen LogP) is -0.146. The molecule has 0 unspecified atom stereocenters. The Morgan fingerprint density at radius 2 is 1.73 bits per heavy atom. The van der Waals surface area contributed by atoms with Crippen LogP contribution in [0.4, 0.5) is 5.82 Å². The van der Waals surface area contributed by atoms with Gasteiger partial charge in [-0.05, 0) is 19.2 Å². The van der Waals surface area contributed by atoms with Crippen LogP contribution >= 0.6 is 0 Å². The van der Waals surface area contributed by atoms with E-state index in [0.717, 1.165) is 32.0 Å². The number of hydrogen-bond acceptors (Lipinski definition) is 6. The third-order valence-electron chi connectivity index (χ3n) is 4.16. The minimum atomic E-state index is -3.45. The van der Waals surface area contributed by atoms with E-state index in [2.05, 4.69) is 21.8 Å². The molecule has 1 aromatic rings. The number of ether oxygens (including phenoxy) is 1. The molecule has 0 spiro atoms. The molecule has 2 fully saturated rings. The third kappa shape index (κ3) is 3.24. The van der Waals surface area contributed by atoms with Gasteiger partial charge in [-0.2, -0.15) is 4.31 Å². The van der Waals surface area contributed by atoms with E-state index in [4.69, 9.17) is 4.74 Å². The van der Waals surface area contributed by atoms with Gasteiger partial charge in [-0.1, -0.05) is 0 Å². The number of sulfonamides is 1. The van der Waals surface area contributed by atoms with Crippen molar-refractivity contribution >= 4 is 15.8 Å². The Balaban J connectivity index is 1.73. The van der Waals surface area contributed by atoms with Crippen molar-refractivity contribution in [3.63, 3.8) is 0 Å². The Labute approximate surface area is 131 Å². The van der Waals surface area contributed by atoms with E-state index in [0.29, 0.717) is 26.3 Å². The van der Waals surface area contributed by atoms with E-state index >= 15 is 0 Å². The molecule has 0 radical (unpaired) electrons. The first-order chi connectivity index (χ1) is 10.6. The molecule has 0 aromatic carbocycles. The van der Waals surface area contributed by atoms with Gasteiger partial charge in [0.15, 0.2) is 0 Å². The summed E-state index contributed by atoms with van der Waals surface area (Å²) in [5.74, 6) is 0.842. The van der Waals surface area contributed by atoms with Gasteiger partial charge in [0.2, 0.25) is 10.0 Å². The Morgan fingerprint density at radius 3 is 2.32 bits per heavy atom. The smallest absolute Gasteiger partial charge is 0.244 e. The van der Waals surface area contributed by atoms with Crippen molar-refractivity contribution in [2.45, 2.75) is 4.90 Å². The topological polar surface area (TPSA) is 66.0 Å². The van der Waals surface area contributed by atoms with Gasteiger partial charge < -0.3 is 14.5 Å². The van der Waals surface area contributed by atoms with Crippen molar-refractivity contribution in [2.75, 3.05) is 64.4 Å². The van der Waals surface area contributed by atoms with Crippen LogP contribution in [0.1, 0.15) is 0 Å². The summed E-state index contributed by atoms with van der Waals surface area (Å²) in [4.78, 5) is 9.07. The zero-order valence-electron chi connectivity index (χ0n) is 12.8. The summed E-state index contributed by atoms with van der Waals surface area (Å²) in [6, 6.07) is 3.46. The first-order valence-corrected chi connectivity index (χ1v) is 8.99. The lowest BCUT2D eigenvalue weighted by molar-refractivity contribution is 0.0730. The Bertz CT molecular complexity index is 591. The maximum Gasteiger partial charge on any atom is 0.244 e. The number of nitrogens with zero attached hydrogens (tertiary/aromatic N) is 4. The molecule has 0 bridgehead atoms. The van der Waals surface area contributed by atoms with Gasteiger partial charge >= 0.3 is 0 Å². The highest BCUT2D eigenvalue weighted by Gasteiger charge is 2.27. The van der Waals surface area contributed by atoms with Crippen LogP contribution in [0.15, 0.2) is 23.2 Å². The molecule has 2 aliphatic heterocycles. The van der Waals surface area contributed by atoms with Gasteiger partial charge in [0, 0.05) is 45.5 Å². The van der Waals surface area contributed by atoms with E-state index < -0.39 is 10.0 Å². The molecule has 2 saturated heterocycles. The van der Waals surface area contributed by atoms with Gasteiger partial charge in [0.25, 0.3) is 0 Å². The maximum absolute atomic E-state index is 12.5. The molecule has 7 nitrogen and oxygen atoms in total. The second-order valence-corrected chi connectivity index (χ2v) is 7.60. The normalized spacial score (nSPS) is 22.0. The van der Waals surface area contributed by atoms with E-state index in [1.165, 1.54) is 10.5 Å². The van der Waals surface area contributed by atoms with Gasteiger partial charge in [0.1, 0.15) is 10.7 Å². The molecular weight excluding hydrogens is 304 g/mol. The number of morpholine rings is 1. The first kappa shape index (κ1) is 15.7. The van der Waals surface area contributed by atoms with Gasteiger partial charge in [-0.15, -0.1) is 0 Å². The second kappa shape index (κ2) is 6.49. The molecule has 0 atom stereocenters. The number of anilines is 1. The van der Waals surface area contributed by atoms with Gasteiger partial charge in [0.05, 0.1) is 13.2 Å². The molecule has 3 heterocycles. The molecule has 3 rings (SSSR count). The van der Waals surface area contributed by atoms with Crippen LogP contribution in [0, 0.1) is 0 Å². The molecule has 22 heavy (non-hydrogen) atoms. The fourth-order valence-electron chi connectivity index (χ4n) is 2.68. The molecule has 122 valence electrons. The van der Waals surface area contributed by atoms with Crippen LogP contribution in [0.25, 0.3) is 0 Å². The molecule has 2 aliphatic rings. The number of aromatic nitrogens is 1. The van der Waals surface area contributed by atoms with E-state index in [-0.39, 0.29) is 4.90 Å². The SMILES string of the molecule is CN1CCN(c2ccc(S(=O)(=O)N3CCOCC3)cn2)CC1. The monoisotopic (exact) mass is 326 g/mol. The Kier molecular flexibility index (Phi) is 4.62. The Morgan fingerprint density at radius 1 is 1.05 bits per heavy atom. The summed E-state index contributed by atoms with van der Waals surface area (Å²) < 4.78 is 31.7. The number of pyridine rings is 1. The molecule has 1 aromatic heterocycles. The van der Waals surface area contributed by atoms with Crippen molar-refractivity contribution in [2.24, 2.45) is 0 Å². The van der Waals surface area contributed by atoms with Gasteiger partial charge in [-0.25, -0.2) is 13.4 Å². The lowest BCUT2D eigenvalue weighted by Gasteiger charge is -2.33. The van der Waals surface area contributed by atoms with Gasteiger partial charge in [-0.3, -0.25) is 0 Å². The summed E-state index contributed by atoms with van der Waals surface area (Å²) in [6.07, 6.45) is 1.47. The van der Waals surface area contributed by atoms with Crippen molar-refractivity contribution in [3.8, 4) is 0 Å². The first-order valence-electron chi connectivity index (χ1n) is 7.55. The van der Waals surface area contributed by atoms with Crippen molar-refractivity contribution in [3.05, 3.63) is 18.3 Å². The lowest BCUT2D eigenvalue weighted by atomic mass is 10.3. The molecule has 0 amide bonds. The summed E-state index contributed by atoms with van der Waals surface area (Å²) in [7, 11) is -1.35. The summed E-state index contributed by atoms with van der Waals surface area (Å²) in [6.45, 7) is 5.53. The zero-order chi connectivity index (χ0) is 15.6. The van der Waals surface area contributed by atoms with Crippen molar-refractivity contribution in [1.29, 1.82) is 0 Å². The average molecular weight is 326 g/mol. The molecular formula is C14H22N4O3S. The van der Waals surface area contributed by atoms with Crippen molar-refractivity contribution < 1.29 is 13.2 Å². The fourth-order valence-corrected chi connectivity index (χ4v) is 4.04. The maximum atomic E-state index is 12.5. The van der Waals surface area contributed by atoms with Crippen LogP contribution in [-0.2, 0) is 14.8 Å². The molecule has 0 aliphatic carbocycles. The molecule has 0 saturated carbocycles. The molecule has 8 heteroatoms. The van der Waals surface area contributed by atoms with Crippen LogP contribution in [0.3, 0.4) is 0 Å². The highest BCUT2D eigenvalue weighted by Crippen LogP contribution is 2.19. The zero-order valence-corrected chi connectivity index (χ0v) is 13.6. The van der Waals surface area contributed by atoms with Crippen LogP contribution < -0.4 is 4.90 Å². The third-order valence-corrected chi connectivity index (χ3v) is 6.04. The van der Waals surface area contributed by atoms with Crippen LogP contribution in [0.2, 0.25) is 0 Å². The van der Waals surface area contributed by atoms with E-state index in [1.807, 2.05) is 0 Å². The number of likely N-dealkylation sites (N-methyl/N-ethyl adjacent to an activating group) is 1. The Hall–Kier alpha value is -1.22. The fraction of sp³-hybridized carbons (Fsp3) is 0.643. The van der Waals surface area contributed by atoms with E-state index in [9.17, 15) is 8.42 Å². The predicted molar refractivity (Wildman–Crippen MR) is 83.5 cm³/mol. The van der Waals surface area contributed by atoms with Crippen molar-refractivity contribution in [1.82, 2.24) is 14.2 Å². The van der Waals surface area contributed by atoms with Crippen LogP contribution in [0.5, 0.6) is 0 Å². The van der Waals surface area contributed by atoms with Crippen LogP contribution in [-0.4, -0.2) is 82.1 Å². The number of hydrogen-bond donors (Lipinski definition) is 0. The second-order valence-electron chi connectivity index (χ2n) is 5.66.